The van der Waals surface area contributed by atoms with Gasteiger partial charge in [0.2, 0.25) is 5.91 Å². The molecule has 0 bridgehead atoms. The molecule has 7 heteroatoms. The highest BCUT2D eigenvalue weighted by Gasteiger charge is 2.31. The summed E-state index contributed by atoms with van der Waals surface area (Å²) in [7, 11) is 1.65. The van der Waals surface area contributed by atoms with E-state index in [4.69, 9.17) is 14.2 Å². The summed E-state index contributed by atoms with van der Waals surface area (Å²) in [5, 5.41) is 14.4. The third kappa shape index (κ3) is 6.99. The largest absolute Gasteiger partial charge is 0.497 e. The van der Waals surface area contributed by atoms with Crippen LogP contribution in [0.25, 0.3) is 11.1 Å². The summed E-state index contributed by atoms with van der Waals surface area (Å²) in [6.07, 6.45) is 12.3. The molecule has 0 spiro atoms. The van der Waals surface area contributed by atoms with E-state index in [1.807, 2.05) is 60.7 Å². The number of aliphatic hydroxyl groups is 1. The molecule has 0 aromatic heterocycles. The average molecular weight is 529 g/mol. The van der Waals surface area contributed by atoms with Crippen molar-refractivity contribution in [1.82, 2.24) is 10.2 Å². The van der Waals surface area contributed by atoms with Crippen LogP contribution in [0.3, 0.4) is 0 Å². The molecule has 1 aliphatic carbocycles. The molecule has 204 valence electrons. The highest BCUT2D eigenvalue weighted by atomic mass is 16.6. The fourth-order valence-electron chi connectivity index (χ4n) is 5.14. The van der Waals surface area contributed by atoms with E-state index in [0.29, 0.717) is 18.1 Å². The van der Waals surface area contributed by atoms with Crippen LogP contribution in [0.4, 0.5) is 0 Å². The standard InChI is InChI=1S/C32H36N2O5/c1-37-27-11-7-10-26(19-27)24-14-12-23(13-15-24)18-31(35)33-28(20-34-16-5-6-17-34)32(36)30-22-38-21-29(39-30)25-8-3-2-4-9-25/h2-3,7-8,10-15,19,21-22,28,32,36H,4-6,9,16-18,20H2,1H3,(H,33,35)/t28-,32-/m1/s1. The van der Waals surface area contributed by atoms with Gasteiger partial charge >= 0.3 is 0 Å². The lowest BCUT2D eigenvalue weighted by Crippen LogP contribution is -2.51. The van der Waals surface area contributed by atoms with Gasteiger partial charge in [-0.15, -0.1) is 0 Å². The van der Waals surface area contributed by atoms with Gasteiger partial charge in [-0.25, -0.2) is 0 Å². The van der Waals surface area contributed by atoms with Crippen LogP contribution in [0.1, 0.15) is 31.2 Å². The number of allylic oxidation sites excluding steroid dienone is 4. The van der Waals surface area contributed by atoms with E-state index in [1.165, 1.54) is 6.26 Å². The lowest BCUT2D eigenvalue weighted by molar-refractivity contribution is -0.122. The molecule has 1 amide bonds. The van der Waals surface area contributed by atoms with Crippen LogP contribution in [0.15, 0.2) is 96.4 Å². The van der Waals surface area contributed by atoms with E-state index < -0.39 is 12.1 Å². The van der Waals surface area contributed by atoms with Crippen LogP contribution in [0.2, 0.25) is 0 Å². The smallest absolute Gasteiger partial charge is 0.224 e. The van der Waals surface area contributed by atoms with E-state index in [9.17, 15) is 9.90 Å². The molecule has 2 N–H and O–H groups in total. The van der Waals surface area contributed by atoms with Crippen molar-refractivity contribution in [3.8, 4) is 16.9 Å². The van der Waals surface area contributed by atoms with Crippen molar-refractivity contribution in [2.45, 2.75) is 44.2 Å². The van der Waals surface area contributed by atoms with E-state index in [0.717, 1.165) is 66.8 Å². The number of carbonyl (C=O) groups is 1. The van der Waals surface area contributed by atoms with Crippen LogP contribution < -0.4 is 10.1 Å². The third-order valence-electron chi connectivity index (χ3n) is 7.31. The van der Waals surface area contributed by atoms with Crippen LogP contribution in [0, 0.1) is 0 Å². The number of aliphatic hydroxyl groups excluding tert-OH is 1. The normalized spacial score (nSPS) is 18.7. The molecular weight excluding hydrogens is 492 g/mol. The van der Waals surface area contributed by atoms with Gasteiger partial charge in [-0.3, -0.25) is 4.79 Å². The summed E-state index contributed by atoms with van der Waals surface area (Å²) in [4.78, 5) is 15.4. The van der Waals surface area contributed by atoms with Crippen LogP contribution in [-0.4, -0.2) is 54.8 Å². The summed E-state index contributed by atoms with van der Waals surface area (Å²) < 4.78 is 16.9. The number of hydrogen-bond acceptors (Lipinski definition) is 6. The Bertz CT molecular complexity index is 1270. The number of likely N-dealkylation sites (tertiary alicyclic amines) is 1. The number of methoxy groups -OCH3 is 1. The predicted octanol–water partition coefficient (Wildman–Crippen LogP) is 4.85. The van der Waals surface area contributed by atoms with Crippen molar-refractivity contribution < 1.29 is 24.1 Å². The maximum absolute atomic E-state index is 13.2. The number of nitrogens with one attached hydrogen (secondary N) is 1. The second kappa shape index (κ2) is 12.8. The number of rotatable bonds is 10. The van der Waals surface area contributed by atoms with Crippen molar-refractivity contribution in [1.29, 1.82) is 0 Å². The first-order chi connectivity index (χ1) is 19.1. The van der Waals surface area contributed by atoms with Gasteiger partial charge in [0, 0.05) is 6.54 Å². The molecule has 5 rings (SSSR count). The van der Waals surface area contributed by atoms with Crippen molar-refractivity contribution >= 4 is 5.91 Å². The van der Waals surface area contributed by atoms with Gasteiger partial charge in [0.1, 0.15) is 24.4 Å². The molecule has 0 unspecified atom stereocenters. The molecule has 3 aliphatic rings. The van der Waals surface area contributed by atoms with Crippen molar-refractivity contribution in [2.24, 2.45) is 0 Å². The lowest BCUT2D eigenvalue weighted by atomic mass is 10.0. The summed E-state index contributed by atoms with van der Waals surface area (Å²) >= 11 is 0. The predicted molar refractivity (Wildman–Crippen MR) is 151 cm³/mol. The van der Waals surface area contributed by atoms with Gasteiger partial charge in [0.15, 0.2) is 11.5 Å². The van der Waals surface area contributed by atoms with Gasteiger partial charge in [-0.1, -0.05) is 54.6 Å². The maximum atomic E-state index is 13.2. The number of ether oxygens (including phenoxy) is 3. The first-order valence-electron chi connectivity index (χ1n) is 13.6. The van der Waals surface area contributed by atoms with E-state index in [-0.39, 0.29) is 12.3 Å². The minimum Gasteiger partial charge on any atom is -0.497 e. The molecule has 7 nitrogen and oxygen atoms in total. The number of amides is 1. The summed E-state index contributed by atoms with van der Waals surface area (Å²) in [5.74, 6) is 1.55. The Kier molecular flexibility index (Phi) is 8.81. The second-order valence-corrected chi connectivity index (χ2v) is 10.1. The highest BCUT2D eigenvalue weighted by molar-refractivity contribution is 5.79. The number of carbonyl (C=O) groups excluding carboxylic acids is 1. The van der Waals surface area contributed by atoms with Crippen LogP contribution in [0.5, 0.6) is 5.75 Å². The van der Waals surface area contributed by atoms with E-state index in [1.54, 1.807) is 13.4 Å². The van der Waals surface area contributed by atoms with Crippen LogP contribution in [-0.2, 0) is 20.7 Å². The average Bonchev–Trinajstić information content (AvgIpc) is 3.50. The molecule has 1 saturated heterocycles. The Balaban J connectivity index is 1.24. The molecule has 2 aromatic rings. The zero-order valence-corrected chi connectivity index (χ0v) is 22.3. The van der Waals surface area contributed by atoms with Crippen molar-refractivity contribution in [2.75, 3.05) is 26.7 Å². The lowest BCUT2D eigenvalue weighted by Gasteiger charge is -2.31. The molecular formula is C32H36N2O5. The van der Waals surface area contributed by atoms with Gasteiger partial charge in [-0.2, -0.15) is 0 Å². The fraction of sp³-hybridized carbons (Fsp3) is 0.344. The second-order valence-electron chi connectivity index (χ2n) is 10.1. The zero-order chi connectivity index (χ0) is 27.0. The Hall–Kier alpha value is -3.81. The summed E-state index contributed by atoms with van der Waals surface area (Å²) in [6, 6.07) is 15.3. The molecule has 2 heterocycles. The Morgan fingerprint density at radius 2 is 1.92 bits per heavy atom. The maximum Gasteiger partial charge on any atom is 0.224 e. The first kappa shape index (κ1) is 26.8. The fourth-order valence-corrected chi connectivity index (χ4v) is 5.14. The van der Waals surface area contributed by atoms with E-state index >= 15 is 0 Å². The Morgan fingerprint density at radius 1 is 1.10 bits per heavy atom. The molecule has 2 aliphatic heterocycles. The van der Waals surface area contributed by atoms with Crippen molar-refractivity contribution in [3.05, 3.63) is 102 Å². The monoisotopic (exact) mass is 528 g/mol. The van der Waals surface area contributed by atoms with E-state index in [2.05, 4.69) is 16.3 Å². The summed E-state index contributed by atoms with van der Waals surface area (Å²) in [6.45, 7) is 2.43. The zero-order valence-electron chi connectivity index (χ0n) is 22.3. The topological polar surface area (TPSA) is 80.3 Å². The third-order valence-corrected chi connectivity index (χ3v) is 7.31. The highest BCUT2D eigenvalue weighted by Crippen LogP contribution is 2.28. The van der Waals surface area contributed by atoms with Gasteiger partial charge < -0.3 is 29.5 Å². The van der Waals surface area contributed by atoms with Crippen molar-refractivity contribution in [3.63, 3.8) is 0 Å². The van der Waals surface area contributed by atoms with Crippen LogP contribution >= 0.6 is 0 Å². The molecule has 2 aromatic carbocycles. The Labute approximate surface area is 230 Å². The quantitative estimate of drug-likeness (QED) is 0.459. The first-order valence-corrected chi connectivity index (χ1v) is 13.6. The van der Waals surface area contributed by atoms with Gasteiger partial charge in [0.05, 0.1) is 19.6 Å². The minimum absolute atomic E-state index is 0.152. The number of nitrogens with zero attached hydrogens (tertiary/aromatic N) is 1. The number of benzene rings is 2. The SMILES string of the molecule is COc1cccc(-c2ccc(CC(=O)N[C@H](CN3CCCC3)[C@@H](O)C3=COC=C(C4=CC=CCC4)O3)cc2)c1. The summed E-state index contributed by atoms with van der Waals surface area (Å²) in [5.41, 5.74) is 4.02. The molecule has 2 atom stereocenters. The molecule has 0 saturated carbocycles. The Morgan fingerprint density at radius 3 is 2.67 bits per heavy atom. The molecule has 39 heavy (non-hydrogen) atoms. The van der Waals surface area contributed by atoms with Gasteiger partial charge in [0.25, 0.3) is 0 Å². The minimum atomic E-state index is -1.05. The molecule has 1 fully saturated rings. The van der Waals surface area contributed by atoms with Gasteiger partial charge in [-0.05, 0) is 73.2 Å². The number of hydrogen-bond donors (Lipinski definition) is 2. The molecule has 0 radical (unpaired) electrons.